The highest BCUT2D eigenvalue weighted by atomic mass is 35.5. The second-order valence-electron chi connectivity index (χ2n) is 6.37. The summed E-state index contributed by atoms with van der Waals surface area (Å²) in [5.74, 6) is 1.31. The van der Waals surface area contributed by atoms with Crippen LogP contribution in [0.25, 0.3) is 0 Å². The highest BCUT2D eigenvalue weighted by molar-refractivity contribution is 6.30. The number of amides is 1. The molecule has 0 spiro atoms. The molecule has 0 aliphatic heterocycles. The zero-order valence-corrected chi connectivity index (χ0v) is 16.6. The van der Waals surface area contributed by atoms with E-state index in [1.54, 1.807) is 37.6 Å². The molecular formula is C22H22ClN3O2. The number of pyridine rings is 1. The van der Waals surface area contributed by atoms with Crippen LogP contribution in [-0.2, 0) is 6.42 Å². The smallest absolute Gasteiger partial charge is 0.255 e. The number of hydrogen-bond donors (Lipinski definition) is 2. The van der Waals surface area contributed by atoms with Gasteiger partial charge in [0.2, 0.25) is 0 Å². The molecule has 1 aromatic heterocycles. The van der Waals surface area contributed by atoms with E-state index in [0.717, 1.165) is 23.4 Å². The van der Waals surface area contributed by atoms with Crippen molar-refractivity contribution in [3.63, 3.8) is 0 Å². The average Bonchev–Trinajstić information content (AvgIpc) is 2.71. The van der Waals surface area contributed by atoms with Crippen molar-refractivity contribution in [3.8, 4) is 5.75 Å². The van der Waals surface area contributed by atoms with Crippen LogP contribution in [0.5, 0.6) is 5.75 Å². The molecule has 28 heavy (non-hydrogen) atoms. The maximum atomic E-state index is 12.5. The minimum absolute atomic E-state index is 0.189. The fourth-order valence-electron chi connectivity index (χ4n) is 2.76. The Kier molecular flexibility index (Phi) is 6.50. The zero-order chi connectivity index (χ0) is 19.9. The largest absolute Gasteiger partial charge is 0.497 e. The van der Waals surface area contributed by atoms with Gasteiger partial charge in [0.05, 0.1) is 7.11 Å². The molecule has 2 N–H and O–H groups in total. The van der Waals surface area contributed by atoms with Gasteiger partial charge in [0.25, 0.3) is 5.91 Å². The summed E-state index contributed by atoms with van der Waals surface area (Å²) in [6.45, 7) is 2.61. The Morgan fingerprint density at radius 1 is 1.11 bits per heavy atom. The molecule has 144 valence electrons. The van der Waals surface area contributed by atoms with Gasteiger partial charge in [-0.05, 0) is 66.9 Å². The molecule has 0 saturated carbocycles. The minimum Gasteiger partial charge on any atom is -0.497 e. The maximum Gasteiger partial charge on any atom is 0.255 e. The summed E-state index contributed by atoms with van der Waals surface area (Å²) in [6.07, 6.45) is 2.46. The van der Waals surface area contributed by atoms with Gasteiger partial charge < -0.3 is 15.4 Å². The summed E-state index contributed by atoms with van der Waals surface area (Å²) < 4.78 is 5.16. The van der Waals surface area contributed by atoms with Crippen LogP contribution in [-0.4, -0.2) is 24.5 Å². The van der Waals surface area contributed by atoms with Crippen LogP contribution in [0.2, 0.25) is 5.02 Å². The normalized spacial score (nSPS) is 10.4. The van der Waals surface area contributed by atoms with Crippen LogP contribution in [0.4, 0.5) is 11.5 Å². The average molecular weight is 396 g/mol. The highest BCUT2D eigenvalue weighted by Crippen LogP contribution is 2.20. The fourth-order valence-corrected chi connectivity index (χ4v) is 2.98. The summed E-state index contributed by atoms with van der Waals surface area (Å²) in [5.41, 5.74) is 3.38. The number of methoxy groups -OCH3 is 1. The molecule has 0 aliphatic carbocycles. The van der Waals surface area contributed by atoms with Crippen LogP contribution in [0.1, 0.15) is 21.5 Å². The zero-order valence-electron chi connectivity index (χ0n) is 15.8. The van der Waals surface area contributed by atoms with Gasteiger partial charge in [0, 0.05) is 29.0 Å². The molecule has 0 aliphatic rings. The van der Waals surface area contributed by atoms with Crippen molar-refractivity contribution in [3.05, 3.63) is 82.5 Å². The van der Waals surface area contributed by atoms with Crippen LogP contribution in [0.15, 0.2) is 60.8 Å². The molecule has 0 fully saturated rings. The van der Waals surface area contributed by atoms with Crippen LogP contribution in [0.3, 0.4) is 0 Å². The van der Waals surface area contributed by atoms with E-state index in [9.17, 15) is 4.79 Å². The van der Waals surface area contributed by atoms with Crippen LogP contribution >= 0.6 is 11.6 Å². The molecule has 5 nitrogen and oxygen atoms in total. The standard InChI is InChI=1S/C22H22ClN3O2/c1-15-13-18(23)5-8-20(15)26-22(27)17-10-12-25-21(14-17)24-11-9-16-3-6-19(28-2)7-4-16/h3-8,10,12-14H,9,11H2,1-2H3,(H,24,25)(H,26,27). The Bertz CT molecular complexity index is 958. The highest BCUT2D eigenvalue weighted by Gasteiger charge is 2.09. The van der Waals surface area contributed by atoms with E-state index in [2.05, 4.69) is 15.6 Å². The second kappa shape index (κ2) is 9.24. The number of nitrogens with one attached hydrogen (secondary N) is 2. The molecule has 1 amide bonds. The fraction of sp³-hybridized carbons (Fsp3) is 0.182. The summed E-state index contributed by atoms with van der Waals surface area (Å²) in [5, 5.41) is 6.81. The van der Waals surface area contributed by atoms with E-state index in [-0.39, 0.29) is 5.91 Å². The number of rotatable bonds is 7. The van der Waals surface area contributed by atoms with Gasteiger partial charge >= 0.3 is 0 Å². The third-order valence-corrected chi connectivity index (χ3v) is 4.57. The summed E-state index contributed by atoms with van der Waals surface area (Å²) in [6, 6.07) is 16.8. The molecule has 0 saturated heterocycles. The van der Waals surface area contributed by atoms with Gasteiger partial charge in [0.1, 0.15) is 11.6 Å². The summed E-state index contributed by atoms with van der Waals surface area (Å²) >= 11 is 5.96. The molecule has 0 bridgehead atoms. The lowest BCUT2D eigenvalue weighted by Crippen LogP contribution is -2.14. The van der Waals surface area contributed by atoms with Gasteiger partial charge in [-0.15, -0.1) is 0 Å². The van der Waals surface area contributed by atoms with Gasteiger partial charge in [-0.25, -0.2) is 4.98 Å². The molecule has 0 unspecified atom stereocenters. The van der Waals surface area contributed by atoms with Gasteiger partial charge in [0.15, 0.2) is 0 Å². The van der Waals surface area contributed by atoms with E-state index in [1.165, 1.54) is 5.56 Å². The van der Waals surface area contributed by atoms with E-state index in [1.807, 2.05) is 37.3 Å². The lowest BCUT2D eigenvalue weighted by Gasteiger charge is -2.10. The van der Waals surface area contributed by atoms with Crippen LogP contribution < -0.4 is 15.4 Å². The van der Waals surface area contributed by atoms with Crippen molar-refractivity contribution in [1.82, 2.24) is 4.98 Å². The summed E-state index contributed by atoms with van der Waals surface area (Å²) in [4.78, 5) is 16.8. The monoisotopic (exact) mass is 395 g/mol. The first kappa shape index (κ1) is 19.7. The third kappa shape index (κ3) is 5.24. The number of ether oxygens (including phenoxy) is 1. The number of aromatic nitrogens is 1. The molecule has 0 radical (unpaired) electrons. The maximum absolute atomic E-state index is 12.5. The molecule has 3 rings (SSSR count). The Morgan fingerprint density at radius 2 is 1.89 bits per heavy atom. The third-order valence-electron chi connectivity index (χ3n) is 4.34. The molecule has 2 aromatic carbocycles. The molecule has 1 heterocycles. The quantitative estimate of drug-likeness (QED) is 0.593. The number of nitrogens with zero attached hydrogens (tertiary/aromatic N) is 1. The topological polar surface area (TPSA) is 63.2 Å². The Hall–Kier alpha value is -3.05. The van der Waals surface area contributed by atoms with Crippen molar-refractivity contribution >= 4 is 29.0 Å². The minimum atomic E-state index is -0.189. The summed E-state index contributed by atoms with van der Waals surface area (Å²) in [7, 11) is 1.65. The van der Waals surface area contributed by atoms with Crippen molar-refractivity contribution in [1.29, 1.82) is 0 Å². The first-order chi connectivity index (χ1) is 13.5. The molecule has 3 aromatic rings. The molecule has 6 heteroatoms. The van der Waals surface area contributed by atoms with E-state index in [0.29, 0.717) is 22.9 Å². The van der Waals surface area contributed by atoms with Crippen molar-refractivity contribution < 1.29 is 9.53 Å². The van der Waals surface area contributed by atoms with Crippen LogP contribution in [0, 0.1) is 6.92 Å². The van der Waals surface area contributed by atoms with E-state index >= 15 is 0 Å². The number of halogens is 1. The van der Waals surface area contributed by atoms with Crippen molar-refractivity contribution in [2.45, 2.75) is 13.3 Å². The second-order valence-corrected chi connectivity index (χ2v) is 6.80. The number of benzene rings is 2. The van der Waals surface area contributed by atoms with Crippen molar-refractivity contribution in [2.75, 3.05) is 24.3 Å². The lowest BCUT2D eigenvalue weighted by molar-refractivity contribution is 0.102. The number of aryl methyl sites for hydroxylation is 1. The van der Waals surface area contributed by atoms with Crippen molar-refractivity contribution in [2.24, 2.45) is 0 Å². The van der Waals surface area contributed by atoms with E-state index in [4.69, 9.17) is 16.3 Å². The number of anilines is 2. The first-order valence-electron chi connectivity index (χ1n) is 8.95. The van der Waals surface area contributed by atoms with Gasteiger partial charge in [-0.3, -0.25) is 4.79 Å². The molecular weight excluding hydrogens is 374 g/mol. The predicted molar refractivity (Wildman–Crippen MR) is 114 cm³/mol. The lowest BCUT2D eigenvalue weighted by atomic mass is 10.1. The number of carbonyl (C=O) groups excluding carboxylic acids is 1. The number of hydrogen-bond acceptors (Lipinski definition) is 4. The van der Waals surface area contributed by atoms with Gasteiger partial charge in [-0.1, -0.05) is 23.7 Å². The van der Waals surface area contributed by atoms with E-state index < -0.39 is 0 Å². The van der Waals surface area contributed by atoms with Gasteiger partial charge in [-0.2, -0.15) is 0 Å². The Morgan fingerprint density at radius 3 is 2.61 bits per heavy atom. The number of carbonyl (C=O) groups is 1. The predicted octanol–water partition coefficient (Wildman–Crippen LogP) is 4.96. The SMILES string of the molecule is COc1ccc(CCNc2cc(C(=O)Nc3ccc(Cl)cc3C)ccn2)cc1. The Balaban J connectivity index is 1.58. The molecule has 0 atom stereocenters. The first-order valence-corrected chi connectivity index (χ1v) is 9.33. The Labute approximate surface area is 169 Å².